The van der Waals surface area contributed by atoms with Crippen LogP contribution in [0.15, 0.2) is 23.8 Å². The Kier molecular flexibility index (Phi) is 3.15. The van der Waals surface area contributed by atoms with E-state index in [1.54, 1.807) is 5.57 Å². The Morgan fingerprint density at radius 2 is 2.24 bits per heavy atom. The van der Waals surface area contributed by atoms with Crippen LogP contribution in [0.5, 0.6) is 0 Å². The summed E-state index contributed by atoms with van der Waals surface area (Å²) >= 11 is 0. The van der Waals surface area contributed by atoms with Crippen LogP contribution in [0.1, 0.15) is 46.0 Å². The predicted molar refractivity (Wildman–Crippen MR) is 68.7 cm³/mol. The van der Waals surface area contributed by atoms with Gasteiger partial charge in [0.05, 0.1) is 0 Å². The summed E-state index contributed by atoms with van der Waals surface area (Å²) < 4.78 is 0. The highest BCUT2D eigenvalue weighted by Gasteiger charge is 2.42. The highest BCUT2D eigenvalue weighted by atomic mass is 16.4. The fraction of sp³-hybridized carbons (Fsp3) is 0.667. The van der Waals surface area contributed by atoms with Crippen LogP contribution in [-0.2, 0) is 4.79 Å². The number of rotatable bonds is 2. The lowest BCUT2D eigenvalue weighted by atomic mass is 9.57. The van der Waals surface area contributed by atoms with Crippen LogP contribution in [0.4, 0.5) is 0 Å². The van der Waals surface area contributed by atoms with E-state index in [0.29, 0.717) is 11.5 Å². The molecule has 0 unspecified atom stereocenters. The third-order valence-electron chi connectivity index (χ3n) is 5.01. The quantitative estimate of drug-likeness (QED) is 0.583. The van der Waals surface area contributed by atoms with E-state index in [1.165, 1.54) is 12.8 Å². The molecule has 94 valence electrons. The molecule has 0 radical (unpaired) electrons. The number of carboxylic acids is 1. The normalized spacial score (nSPS) is 36.9. The summed E-state index contributed by atoms with van der Waals surface area (Å²) in [4.78, 5) is 11.0. The van der Waals surface area contributed by atoms with Crippen LogP contribution >= 0.6 is 0 Å². The third kappa shape index (κ3) is 2.05. The molecule has 3 atom stereocenters. The third-order valence-corrected chi connectivity index (χ3v) is 5.01. The first-order valence-corrected chi connectivity index (χ1v) is 6.56. The standard InChI is InChI=1S/C15H22O2/c1-10-5-4-6-13-8-7-12(9-15(10,13)3)11(2)14(16)17/h6,10,12H,2,4-5,7-9H2,1,3H3,(H,16,17)/t10-,12+,15+/m0/s1. The van der Waals surface area contributed by atoms with Gasteiger partial charge in [0.25, 0.3) is 0 Å². The minimum Gasteiger partial charge on any atom is -0.478 e. The molecule has 0 aromatic rings. The number of carbonyl (C=O) groups is 1. The summed E-state index contributed by atoms with van der Waals surface area (Å²) in [7, 11) is 0. The van der Waals surface area contributed by atoms with Gasteiger partial charge in [-0.1, -0.05) is 32.1 Å². The van der Waals surface area contributed by atoms with Gasteiger partial charge in [-0.05, 0) is 49.4 Å². The summed E-state index contributed by atoms with van der Waals surface area (Å²) in [6.07, 6.45) is 7.78. The van der Waals surface area contributed by atoms with Crippen molar-refractivity contribution in [2.24, 2.45) is 17.3 Å². The molecule has 0 amide bonds. The lowest BCUT2D eigenvalue weighted by molar-refractivity contribution is -0.133. The predicted octanol–water partition coefficient (Wildman–Crippen LogP) is 3.79. The first-order chi connectivity index (χ1) is 7.95. The second-order valence-corrected chi connectivity index (χ2v) is 5.90. The summed E-state index contributed by atoms with van der Waals surface area (Å²) in [5.41, 5.74) is 2.17. The van der Waals surface area contributed by atoms with Gasteiger partial charge < -0.3 is 5.11 Å². The van der Waals surface area contributed by atoms with Crippen molar-refractivity contribution in [2.45, 2.75) is 46.0 Å². The summed E-state index contributed by atoms with van der Waals surface area (Å²) in [5.74, 6) is -0.00316. The van der Waals surface area contributed by atoms with Crippen molar-refractivity contribution in [2.75, 3.05) is 0 Å². The van der Waals surface area contributed by atoms with Crippen molar-refractivity contribution in [1.82, 2.24) is 0 Å². The topological polar surface area (TPSA) is 37.3 Å². The molecular weight excluding hydrogens is 212 g/mol. The van der Waals surface area contributed by atoms with E-state index in [9.17, 15) is 4.79 Å². The minimum atomic E-state index is -0.825. The molecule has 0 heterocycles. The van der Waals surface area contributed by atoms with Gasteiger partial charge in [0.15, 0.2) is 0 Å². The van der Waals surface area contributed by atoms with Crippen molar-refractivity contribution in [3.8, 4) is 0 Å². The van der Waals surface area contributed by atoms with E-state index in [0.717, 1.165) is 19.3 Å². The van der Waals surface area contributed by atoms with Crippen LogP contribution in [-0.4, -0.2) is 11.1 Å². The molecule has 2 heteroatoms. The number of aliphatic carboxylic acids is 1. The monoisotopic (exact) mass is 234 g/mol. The Labute approximate surface area is 103 Å². The zero-order valence-electron chi connectivity index (χ0n) is 10.8. The van der Waals surface area contributed by atoms with Crippen LogP contribution < -0.4 is 0 Å². The van der Waals surface area contributed by atoms with Crippen molar-refractivity contribution in [3.05, 3.63) is 23.8 Å². The average molecular weight is 234 g/mol. The van der Waals surface area contributed by atoms with E-state index >= 15 is 0 Å². The lowest BCUT2D eigenvalue weighted by Gasteiger charge is -2.47. The Hall–Kier alpha value is -1.05. The van der Waals surface area contributed by atoms with Gasteiger partial charge in [0, 0.05) is 5.57 Å². The summed E-state index contributed by atoms with van der Waals surface area (Å²) in [6, 6.07) is 0. The maximum absolute atomic E-state index is 11.0. The molecule has 1 saturated carbocycles. The molecule has 2 rings (SSSR count). The van der Waals surface area contributed by atoms with Crippen molar-refractivity contribution < 1.29 is 9.90 Å². The number of hydrogen-bond donors (Lipinski definition) is 1. The second-order valence-electron chi connectivity index (χ2n) is 5.90. The van der Waals surface area contributed by atoms with Gasteiger partial charge in [-0.15, -0.1) is 0 Å². The lowest BCUT2D eigenvalue weighted by Crippen LogP contribution is -2.37. The highest BCUT2D eigenvalue weighted by Crippen LogP contribution is 2.53. The minimum absolute atomic E-state index is 0.162. The first kappa shape index (κ1) is 12.4. The average Bonchev–Trinajstić information content (AvgIpc) is 2.29. The maximum Gasteiger partial charge on any atom is 0.331 e. The Morgan fingerprint density at radius 3 is 2.88 bits per heavy atom. The largest absolute Gasteiger partial charge is 0.478 e. The first-order valence-electron chi connectivity index (χ1n) is 6.56. The SMILES string of the molecule is C=C(C(=O)O)[C@@H]1CCC2=CCC[C@H](C)[C@@]2(C)C1. The van der Waals surface area contributed by atoms with E-state index in [2.05, 4.69) is 26.5 Å². The molecule has 2 aliphatic carbocycles. The van der Waals surface area contributed by atoms with E-state index in [1.807, 2.05) is 0 Å². The molecule has 2 nitrogen and oxygen atoms in total. The molecule has 1 N–H and O–H groups in total. The Morgan fingerprint density at radius 1 is 1.53 bits per heavy atom. The molecule has 0 aromatic carbocycles. The van der Waals surface area contributed by atoms with Gasteiger partial charge in [-0.3, -0.25) is 0 Å². The number of fused-ring (bicyclic) bond motifs is 1. The van der Waals surface area contributed by atoms with E-state index < -0.39 is 5.97 Å². The van der Waals surface area contributed by atoms with E-state index in [-0.39, 0.29) is 11.3 Å². The summed E-state index contributed by atoms with van der Waals surface area (Å²) in [6.45, 7) is 8.37. The van der Waals surface area contributed by atoms with Crippen LogP contribution in [0.3, 0.4) is 0 Å². The maximum atomic E-state index is 11.0. The highest BCUT2D eigenvalue weighted by molar-refractivity contribution is 5.86. The molecule has 0 bridgehead atoms. The molecule has 0 spiro atoms. The molecule has 1 fully saturated rings. The van der Waals surface area contributed by atoms with E-state index in [4.69, 9.17) is 5.11 Å². The molecule has 17 heavy (non-hydrogen) atoms. The van der Waals surface area contributed by atoms with Crippen molar-refractivity contribution in [1.29, 1.82) is 0 Å². The fourth-order valence-corrected chi connectivity index (χ4v) is 3.51. The molecule has 2 aliphatic rings. The number of carboxylic acid groups (broad SMARTS) is 1. The van der Waals surface area contributed by atoms with Crippen LogP contribution in [0.25, 0.3) is 0 Å². The number of allylic oxidation sites excluding steroid dienone is 2. The van der Waals surface area contributed by atoms with Crippen LogP contribution in [0, 0.1) is 17.3 Å². The zero-order chi connectivity index (χ0) is 12.6. The molecule has 0 aromatic heterocycles. The van der Waals surface area contributed by atoms with Gasteiger partial charge in [0.1, 0.15) is 0 Å². The summed E-state index contributed by atoms with van der Waals surface area (Å²) in [5, 5.41) is 9.07. The molecule has 0 saturated heterocycles. The van der Waals surface area contributed by atoms with Gasteiger partial charge >= 0.3 is 5.97 Å². The van der Waals surface area contributed by atoms with Crippen LogP contribution in [0.2, 0.25) is 0 Å². The zero-order valence-corrected chi connectivity index (χ0v) is 10.8. The van der Waals surface area contributed by atoms with Crippen molar-refractivity contribution >= 4 is 5.97 Å². The van der Waals surface area contributed by atoms with Crippen molar-refractivity contribution in [3.63, 3.8) is 0 Å². The Balaban J connectivity index is 2.21. The number of hydrogen-bond acceptors (Lipinski definition) is 1. The van der Waals surface area contributed by atoms with Gasteiger partial charge in [-0.25, -0.2) is 4.79 Å². The molecule has 0 aliphatic heterocycles. The van der Waals surface area contributed by atoms with Gasteiger partial charge in [0.2, 0.25) is 0 Å². The Bertz CT molecular complexity index is 380. The fourth-order valence-electron chi connectivity index (χ4n) is 3.51. The second kappa shape index (κ2) is 4.32. The smallest absolute Gasteiger partial charge is 0.331 e. The van der Waals surface area contributed by atoms with Gasteiger partial charge in [-0.2, -0.15) is 0 Å². The molecular formula is C15H22O2.